The Morgan fingerprint density at radius 1 is 0.581 bits per heavy atom. The molecule has 226 valence electrons. The van der Waals surface area contributed by atoms with Crippen molar-refractivity contribution in [2.45, 2.75) is 60.2 Å². The lowest BCUT2D eigenvalue weighted by Crippen LogP contribution is -2.07. The van der Waals surface area contributed by atoms with Gasteiger partial charge in [0, 0.05) is 5.56 Å². The maximum atomic E-state index is 11.4. The summed E-state index contributed by atoms with van der Waals surface area (Å²) in [7, 11) is 0. The molecule has 43 heavy (non-hydrogen) atoms. The highest BCUT2D eigenvalue weighted by molar-refractivity contribution is 5.91. The topological polar surface area (TPSA) is 93.1 Å². The maximum absolute atomic E-state index is 11.4. The van der Waals surface area contributed by atoms with E-state index in [9.17, 15) is 14.7 Å². The summed E-state index contributed by atoms with van der Waals surface area (Å²) in [5, 5.41) is 18.4. The summed E-state index contributed by atoms with van der Waals surface area (Å²) in [6.07, 6.45) is 1.65. The van der Waals surface area contributed by atoms with Crippen LogP contribution in [-0.4, -0.2) is 22.2 Å². The molecule has 4 rings (SSSR count). The van der Waals surface area contributed by atoms with Crippen molar-refractivity contribution in [3.63, 3.8) is 0 Å². The molecule has 0 aliphatic rings. The van der Waals surface area contributed by atoms with E-state index < -0.39 is 11.9 Å². The van der Waals surface area contributed by atoms with Crippen LogP contribution in [-0.2, 0) is 37.3 Å². The molecule has 0 saturated heterocycles. The largest absolute Gasteiger partial charge is 0.488 e. The molecule has 0 fully saturated rings. The number of carboxylic acids is 2. The fourth-order valence-electron chi connectivity index (χ4n) is 4.71. The molecule has 4 aromatic rings. The second-order valence-electron chi connectivity index (χ2n) is 11.3. The Morgan fingerprint density at radius 3 is 1.49 bits per heavy atom. The van der Waals surface area contributed by atoms with Gasteiger partial charge in [-0.25, -0.2) is 4.79 Å². The SMILES string of the molecule is CC(C)Cc1cccc(C(=O)O)c1OCc1ccccc1.CC(C)Cc1cccc(CC(=O)O)c1OCc1ccccc1. The van der Waals surface area contributed by atoms with Gasteiger partial charge in [-0.3, -0.25) is 4.79 Å². The first-order chi connectivity index (χ1) is 20.6. The van der Waals surface area contributed by atoms with E-state index in [1.165, 1.54) is 0 Å². The second kappa shape index (κ2) is 16.8. The van der Waals surface area contributed by atoms with Crippen LogP contribution in [0.2, 0.25) is 0 Å². The van der Waals surface area contributed by atoms with Gasteiger partial charge in [0.1, 0.15) is 30.3 Å². The normalized spacial score (nSPS) is 10.7. The van der Waals surface area contributed by atoms with E-state index in [0.29, 0.717) is 30.8 Å². The van der Waals surface area contributed by atoms with E-state index in [-0.39, 0.29) is 12.0 Å². The first kappa shape index (κ1) is 32.9. The monoisotopic (exact) mass is 582 g/mol. The fourth-order valence-corrected chi connectivity index (χ4v) is 4.71. The van der Waals surface area contributed by atoms with Crippen molar-refractivity contribution >= 4 is 11.9 Å². The molecule has 0 heterocycles. The standard InChI is InChI=1S/C19H22O3.C18H20O3/c1-14(2)11-16-9-6-10-17(12-18(20)21)19(16)22-13-15-7-4-3-5-8-15;1-13(2)11-15-9-6-10-16(18(19)20)17(15)21-12-14-7-4-3-5-8-14/h3-10,14H,11-13H2,1-2H3,(H,20,21);3-10,13H,11-12H2,1-2H3,(H,19,20). The van der Waals surface area contributed by atoms with Crippen LogP contribution in [0, 0.1) is 11.8 Å². The zero-order chi connectivity index (χ0) is 31.2. The van der Waals surface area contributed by atoms with Gasteiger partial charge >= 0.3 is 11.9 Å². The average molecular weight is 583 g/mol. The minimum atomic E-state index is -0.955. The molecule has 4 aromatic carbocycles. The van der Waals surface area contributed by atoms with Crippen LogP contribution in [0.3, 0.4) is 0 Å². The van der Waals surface area contributed by atoms with Crippen molar-refractivity contribution in [3.8, 4) is 11.5 Å². The van der Waals surface area contributed by atoms with Gasteiger partial charge in [0.05, 0.1) is 6.42 Å². The third kappa shape index (κ3) is 11.0. The Labute approximate surface area is 254 Å². The maximum Gasteiger partial charge on any atom is 0.339 e. The van der Waals surface area contributed by atoms with Crippen molar-refractivity contribution < 1.29 is 29.3 Å². The number of aromatic carboxylic acids is 1. The second-order valence-corrected chi connectivity index (χ2v) is 11.3. The predicted molar refractivity (Wildman–Crippen MR) is 170 cm³/mol. The van der Waals surface area contributed by atoms with Gasteiger partial charge in [-0.05, 0) is 53.0 Å². The molecule has 6 nitrogen and oxygen atoms in total. The smallest absolute Gasteiger partial charge is 0.339 e. The first-order valence-electron chi connectivity index (χ1n) is 14.6. The van der Waals surface area contributed by atoms with Crippen molar-refractivity contribution in [2.75, 3.05) is 0 Å². The van der Waals surface area contributed by atoms with Crippen LogP contribution in [0.15, 0.2) is 97.1 Å². The number of aliphatic carboxylic acids is 1. The first-order valence-corrected chi connectivity index (χ1v) is 14.6. The highest BCUT2D eigenvalue weighted by Gasteiger charge is 2.17. The van der Waals surface area contributed by atoms with Crippen molar-refractivity contribution in [2.24, 2.45) is 11.8 Å². The quantitative estimate of drug-likeness (QED) is 0.165. The van der Waals surface area contributed by atoms with Crippen LogP contribution in [0.25, 0.3) is 0 Å². The van der Waals surface area contributed by atoms with Gasteiger partial charge in [-0.1, -0.05) is 119 Å². The number of hydrogen-bond donors (Lipinski definition) is 2. The molecule has 0 aromatic heterocycles. The van der Waals surface area contributed by atoms with Crippen LogP contribution < -0.4 is 9.47 Å². The summed E-state index contributed by atoms with van der Waals surface area (Å²) in [6, 6.07) is 30.7. The molecule has 0 atom stereocenters. The van der Waals surface area contributed by atoms with Gasteiger partial charge in [0.2, 0.25) is 0 Å². The number of para-hydroxylation sites is 2. The van der Waals surface area contributed by atoms with Crippen LogP contribution in [0.4, 0.5) is 0 Å². The summed E-state index contributed by atoms with van der Waals surface area (Å²) in [5.74, 6) is 0.340. The third-order valence-corrected chi connectivity index (χ3v) is 6.56. The Hall–Kier alpha value is -4.58. The minimum Gasteiger partial charge on any atom is -0.488 e. The summed E-state index contributed by atoms with van der Waals surface area (Å²) in [5.41, 5.74) is 5.08. The summed E-state index contributed by atoms with van der Waals surface area (Å²) < 4.78 is 11.8. The molecular weight excluding hydrogens is 540 g/mol. The van der Waals surface area contributed by atoms with Crippen LogP contribution in [0.5, 0.6) is 11.5 Å². The summed E-state index contributed by atoms with van der Waals surface area (Å²) in [6.45, 7) is 9.32. The fraction of sp³-hybridized carbons (Fsp3) is 0.297. The van der Waals surface area contributed by atoms with Gasteiger partial charge in [0.15, 0.2) is 0 Å². The molecule has 0 saturated carbocycles. The number of hydrogen-bond acceptors (Lipinski definition) is 4. The van der Waals surface area contributed by atoms with Gasteiger partial charge in [-0.15, -0.1) is 0 Å². The van der Waals surface area contributed by atoms with Crippen LogP contribution in [0.1, 0.15) is 65.9 Å². The molecule has 0 aliphatic carbocycles. The number of carboxylic acid groups (broad SMARTS) is 2. The van der Waals surface area contributed by atoms with E-state index in [2.05, 4.69) is 27.7 Å². The molecule has 0 spiro atoms. The van der Waals surface area contributed by atoms with E-state index in [1.807, 2.05) is 84.9 Å². The van der Waals surface area contributed by atoms with Gasteiger partial charge < -0.3 is 19.7 Å². The predicted octanol–water partition coefficient (Wildman–Crippen LogP) is 8.25. The van der Waals surface area contributed by atoms with Gasteiger partial charge in [-0.2, -0.15) is 0 Å². The molecule has 0 aliphatic heterocycles. The van der Waals surface area contributed by atoms with E-state index >= 15 is 0 Å². The van der Waals surface area contributed by atoms with E-state index in [4.69, 9.17) is 14.6 Å². The molecule has 0 amide bonds. The lowest BCUT2D eigenvalue weighted by molar-refractivity contribution is -0.136. The van der Waals surface area contributed by atoms with E-state index in [1.54, 1.807) is 12.1 Å². The van der Waals surface area contributed by atoms with E-state index in [0.717, 1.165) is 46.4 Å². The van der Waals surface area contributed by atoms with Crippen molar-refractivity contribution in [3.05, 3.63) is 130 Å². The summed E-state index contributed by atoms with van der Waals surface area (Å²) >= 11 is 0. The molecular formula is C37H42O6. The summed E-state index contributed by atoms with van der Waals surface area (Å²) in [4.78, 5) is 22.5. The third-order valence-electron chi connectivity index (χ3n) is 6.56. The Kier molecular flexibility index (Phi) is 12.8. The van der Waals surface area contributed by atoms with Crippen LogP contribution >= 0.6 is 0 Å². The molecule has 6 heteroatoms. The zero-order valence-electron chi connectivity index (χ0n) is 25.5. The molecule has 0 unspecified atom stereocenters. The highest BCUT2D eigenvalue weighted by Crippen LogP contribution is 2.29. The Morgan fingerprint density at radius 2 is 1.02 bits per heavy atom. The Balaban J connectivity index is 0.000000236. The zero-order valence-corrected chi connectivity index (χ0v) is 25.5. The molecule has 0 radical (unpaired) electrons. The van der Waals surface area contributed by atoms with Crippen molar-refractivity contribution in [1.82, 2.24) is 0 Å². The molecule has 2 N–H and O–H groups in total. The highest BCUT2D eigenvalue weighted by atomic mass is 16.5. The lowest BCUT2D eigenvalue weighted by Gasteiger charge is -2.16. The Bertz CT molecular complexity index is 1440. The average Bonchev–Trinajstić information content (AvgIpc) is 2.96. The molecule has 0 bridgehead atoms. The number of ether oxygens (including phenoxy) is 2. The lowest BCUT2D eigenvalue weighted by atomic mass is 9.98. The van der Waals surface area contributed by atoms with Crippen molar-refractivity contribution in [1.29, 1.82) is 0 Å². The number of carbonyl (C=O) groups is 2. The number of benzene rings is 4. The number of rotatable bonds is 13. The van der Waals surface area contributed by atoms with Gasteiger partial charge in [0.25, 0.3) is 0 Å². The minimum absolute atomic E-state index is 0.0178.